The minimum absolute atomic E-state index is 0.0877. The summed E-state index contributed by atoms with van der Waals surface area (Å²) in [5, 5.41) is 0. The molecular formula is C12H11BrN2O3S. The molecule has 1 aromatic carbocycles. The van der Waals surface area contributed by atoms with E-state index in [0.29, 0.717) is 15.9 Å². The molecule has 1 heterocycles. The second-order valence-corrected chi connectivity index (χ2v) is 6.27. The van der Waals surface area contributed by atoms with Gasteiger partial charge in [-0.2, -0.15) is 0 Å². The Balaban J connectivity index is 2.31. The number of hydrogen-bond donors (Lipinski definition) is 1. The van der Waals surface area contributed by atoms with Gasteiger partial charge in [0, 0.05) is 22.9 Å². The topological polar surface area (TPSA) is 68.3 Å². The van der Waals surface area contributed by atoms with E-state index in [1.54, 1.807) is 24.3 Å². The molecule has 0 saturated carbocycles. The zero-order valence-electron chi connectivity index (χ0n) is 10.00. The van der Waals surface area contributed by atoms with Crippen molar-refractivity contribution < 1.29 is 13.2 Å². The van der Waals surface area contributed by atoms with Gasteiger partial charge in [0.25, 0.3) is 10.0 Å². The Hall–Kier alpha value is -1.60. The van der Waals surface area contributed by atoms with E-state index >= 15 is 0 Å². The van der Waals surface area contributed by atoms with Gasteiger partial charge in [0.15, 0.2) is 0 Å². The number of benzene rings is 1. The maximum Gasteiger partial charge on any atom is 0.263 e. The minimum Gasteiger partial charge on any atom is -0.497 e. The molecule has 1 aromatic heterocycles. The van der Waals surface area contributed by atoms with Gasteiger partial charge in [-0.05, 0) is 34.1 Å². The van der Waals surface area contributed by atoms with Crippen LogP contribution in [0.4, 0.5) is 5.69 Å². The normalized spacial score (nSPS) is 11.1. The number of ether oxygens (including phenoxy) is 1. The molecule has 0 aliphatic heterocycles. The maximum absolute atomic E-state index is 12.1. The predicted octanol–water partition coefficient (Wildman–Crippen LogP) is 2.65. The summed E-state index contributed by atoms with van der Waals surface area (Å²) in [6.45, 7) is 0. The van der Waals surface area contributed by atoms with E-state index in [9.17, 15) is 8.42 Å². The lowest BCUT2D eigenvalue weighted by molar-refractivity contribution is 0.415. The highest BCUT2D eigenvalue weighted by molar-refractivity contribution is 9.10. The van der Waals surface area contributed by atoms with Gasteiger partial charge in [0.1, 0.15) is 10.6 Å². The summed E-state index contributed by atoms with van der Waals surface area (Å²) in [5.74, 6) is 0.576. The summed E-state index contributed by atoms with van der Waals surface area (Å²) < 4.78 is 32.4. The number of halogens is 1. The summed E-state index contributed by atoms with van der Waals surface area (Å²) >= 11 is 3.19. The van der Waals surface area contributed by atoms with Gasteiger partial charge in [0.05, 0.1) is 12.8 Å². The van der Waals surface area contributed by atoms with Crippen molar-refractivity contribution in [3.8, 4) is 5.75 Å². The van der Waals surface area contributed by atoms with Crippen LogP contribution in [0.25, 0.3) is 0 Å². The number of anilines is 1. The largest absolute Gasteiger partial charge is 0.497 e. The van der Waals surface area contributed by atoms with Gasteiger partial charge in [-0.1, -0.05) is 6.07 Å². The van der Waals surface area contributed by atoms with E-state index in [4.69, 9.17) is 4.74 Å². The van der Waals surface area contributed by atoms with Crippen molar-refractivity contribution in [1.82, 2.24) is 4.98 Å². The summed E-state index contributed by atoms with van der Waals surface area (Å²) in [4.78, 5) is 3.92. The lowest BCUT2D eigenvalue weighted by Gasteiger charge is -2.09. The number of rotatable bonds is 4. The molecule has 0 aliphatic carbocycles. The highest BCUT2D eigenvalue weighted by atomic mass is 79.9. The third-order valence-corrected chi connectivity index (χ3v) is 4.09. The molecule has 0 unspecified atom stereocenters. The lowest BCUT2D eigenvalue weighted by atomic mass is 10.3. The quantitative estimate of drug-likeness (QED) is 0.927. The van der Waals surface area contributed by atoms with Crippen LogP contribution in [0.5, 0.6) is 5.75 Å². The van der Waals surface area contributed by atoms with E-state index in [-0.39, 0.29) is 4.90 Å². The monoisotopic (exact) mass is 342 g/mol. The van der Waals surface area contributed by atoms with Crippen LogP contribution >= 0.6 is 15.9 Å². The fourth-order valence-corrected chi connectivity index (χ4v) is 2.99. The van der Waals surface area contributed by atoms with E-state index in [2.05, 4.69) is 25.6 Å². The summed E-state index contributed by atoms with van der Waals surface area (Å²) in [6.07, 6.45) is 2.80. The summed E-state index contributed by atoms with van der Waals surface area (Å²) in [6, 6.07) is 8.16. The second kappa shape index (κ2) is 5.58. The Kier molecular flexibility index (Phi) is 4.06. The Morgan fingerprint density at radius 2 is 2.05 bits per heavy atom. The van der Waals surface area contributed by atoms with Crippen molar-refractivity contribution in [2.24, 2.45) is 0 Å². The van der Waals surface area contributed by atoms with E-state index in [1.165, 1.54) is 25.6 Å². The standard InChI is InChI=1S/C12H11BrN2O3S/c1-18-11-4-2-3-10(6-11)15-19(16,17)12-5-9(13)7-14-8-12/h2-8,15H,1H3. The number of sulfonamides is 1. The first-order valence-electron chi connectivity index (χ1n) is 5.29. The Labute approximate surface area is 119 Å². The van der Waals surface area contributed by atoms with E-state index < -0.39 is 10.0 Å². The number of aromatic nitrogens is 1. The van der Waals surface area contributed by atoms with Crippen LogP contribution in [0.3, 0.4) is 0 Å². The number of pyridine rings is 1. The number of hydrogen-bond acceptors (Lipinski definition) is 4. The Morgan fingerprint density at radius 1 is 1.26 bits per heavy atom. The fraction of sp³-hybridized carbons (Fsp3) is 0.0833. The predicted molar refractivity (Wildman–Crippen MR) is 75.7 cm³/mol. The van der Waals surface area contributed by atoms with Gasteiger partial charge < -0.3 is 4.74 Å². The molecule has 0 spiro atoms. The number of methoxy groups -OCH3 is 1. The third kappa shape index (κ3) is 3.45. The lowest BCUT2D eigenvalue weighted by Crippen LogP contribution is -2.13. The van der Waals surface area contributed by atoms with Gasteiger partial charge in [-0.25, -0.2) is 8.42 Å². The number of nitrogens with zero attached hydrogens (tertiary/aromatic N) is 1. The van der Waals surface area contributed by atoms with Crippen molar-refractivity contribution in [2.45, 2.75) is 4.90 Å². The summed E-state index contributed by atoms with van der Waals surface area (Å²) in [5.41, 5.74) is 0.430. The fourth-order valence-electron chi connectivity index (χ4n) is 1.44. The van der Waals surface area contributed by atoms with Gasteiger partial charge >= 0.3 is 0 Å². The molecule has 19 heavy (non-hydrogen) atoms. The van der Waals surface area contributed by atoms with Gasteiger partial charge in [-0.3, -0.25) is 9.71 Å². The zero-order chi connectivity index (χ0) is 13.9. The molecule has 0 aliphatic rings. The van der Waals surface area contributed by atoms with E-state index in [0.717, 1.165) is 0 Å². The van der Waals surface area contributed by atoms with E-state index in [1.807, 2.05) is 0 Å². The molecule has 0 atom stereocenters. The van der Waals surface area contributed by atoms with Crippen molar-refractivity contribution in [2.75, 3.05) is 11.8 Å². The van der Waals surface area contributed by atoms with Gasteiger partial charge in [0.2, 0.25) is 0 Å². The average Bonchev–Trinajstić information content (AvgIpc) is 2.38. The highest BCUT2D eigenvalue weighted by Crippen LogP contribution is 2.21. The third-order valence-electron chi connectivity index (χ3n) is 2.31. The average molecular weight is 343 g/mol. The smallest absolute Gasteiger partial charge is 0.263 e. The molecule has 0 amide bonds. The maximum atomic E-state index is 12.1. The molecule has 0 radical (unpaired) electrons. The van der Waals surface area contributed by atoms with Crippen molar-refractivity contribution in [3.63, 3.8) is 0 Å². The molecule has 100 valence electrons. The van der Waals surface area contributed by atoms with Crippen molar-refractivity contribution >= 4 is 31.6 Å². The highest BCUT2D eigenvalue weighted by Gasteiger charge is 2.15. The van der Waals surface area contributed by atoms with Crippen molar-refractivity contribution in [1.29, 1.82) is 0 Å². The molecule has 0 fully saturated rings. The van der Waals surface area contributed by atoms with Crippen LogP contribution in [0.15, 0.2) is 52.1 Å². The van der Waals surface area contributed by atoms with Crippen LogP contribution in [-0.2, 0) is 10.0 Å². The van der Waals surface area contributed by atoms with Crippen LogP contribution in [0.1, 0.15) is 0 Å². The first-order valence-corrected chi connectivity index (χ1v) is 7.56. The van der Waals surface area contributed by atoms with Crippen LogP contribution in [0, 0.1) is 0 Å². The number of nitrogens with one attached hydrogen (secondary N) is 1. The molecule has 1 N–H and O–H groups in total. The van der Waals surface area contributed by atoms with Crippen molar-refractivity contribution in [3.05, 3.63) is 47.2 Å². The molecular weight excluding hydrogens is 332 g/mol. The van der Waals surface area contributed by atoms with Gasteiger partial charge in [-0.15, -0.1) is 0 Å². The molecule has 0 bridgehead atoms. The SMILES string of the molecule is COc1cccc(NS(=O)(=O)c2cncc(Br)c2)c1. The minimum atomic E-state index is -3.66. The zero-order valence-corrected chi connectivity index (χ0v) is 12.4. The Bertz CT molecular complexity index is 689. The first kappa shape index (κ1) is 13.8. The van der Waals surface area contributed by atoms with Crippen LogP contribution in [-0.4, -0.2) is 20.5 Å². The molecule has 5 nitrogen and oxygen atoms in total. The molecule has 2 rings (SSSR count). The first-order chi connectivity index (χ1) is 9.01. The Morgan fingerprint density at radius 3 is 2.74 bits per heavy atom. The summed E-state index contributed by atoms with van der Waals surface area (Å²) in [7, 11) is -2.14. The van der Waals surface area contributed by atoms with Crippen LogP contribution < -0.4 is 9.46 Å². The van der Waals surface area contributed by atoms with Crippen LogP contribution in [0.2, 0.25) is 0 Å². The molecule has 2 aromatic rings. The molecule has 0 saturated heterocycles. The molecule has 7 heteroatoms. The second-order valence-electron chi connectivity index (χ2n) is 3.68.